The molecule has 0 heterocycles. The number of hydrogen-bond donors (Lipinski definition) is 4. The van der Waals surface area contributed by atoms with Crippen LogP contribution in [0.3, 0.4) is 0 Å². The van der Waals surface area contributed by atoms with Crippen LogP contribution in [0, 0.1) is 0 Å². The molecule has 8 nitrogen and oxygen atoms in total. The molecule has 0 aromatic rings. The summed E-state index contributed by atoms with van der Waals surface area (Å²) in [6.07, 6.45) is 2.24. The number of methoxy groups -OCH3 is 2. The summed E-state index contributed by atoms with van der Waals surface area (Å²) >= 11 is 0. The zero-order valence-corrected chi connectivity index (χ0v) is 15.0. The van der Waals surface area contributed by atoms with Gasteiger partial charge in [0.05, 0.1) is 13.2 Å². The number of ether oxygens (including phenoxy) is 2. The molecule has 9 heteroatoms. The molecule has 0 aliphatic heterocycles. The third kappa shape index (κ3) is 25.7. The fraction of sp³-hybridized carbons (Fsp3) is 0.571. The van der Waals surface area contributed by atoms with E-state index in [1.54, 1.807) is 14.2 Å². The van der Waals surface area contributed by atoms with Gasteiger partial charge in [0.1, 0.15) is 0 Å². The number of hydrogen-bond acceptors (Lipinski definition) is 8. The maximum atomic E-state index is 10.4. The van der Waals surface area contributed by atoms with Crippen LogP contribution >= 0.6 is 0 Å². The topological polar surface area (TPSA) is 117 Å². The summed E-state index contributed by atoms with van der Waals surface area (Å²) in [6, 6.07) is 0. The first-order valence-corrected chi connectivity index (χ1v) is 6.61. The Bertz CT molecular complexity index is 349. The average molecular weight is 374 g/mol. The predicted molar refractivity (Wildman–Crippen MR) is 82.5 cm³/mol. The number of carbonyl (C=O) groups excluding carboxylic acids is 2. The fourth-order valence-corrected chi connectivity index (χ4v) is 1.05. The van der Waals surface area contributed by atoms with E-state index in [1.165, 1.54) is 13.8 Å². The number of allylic oxidation sites excluding steroid dienone is 2. The Hall–Kier alpha value is -1.54. The second-order valence-electron chi connectivity index (χ2n) is 4.12. The second-order valence-corrected chi connectivity index (χ2v) is 4.12. The van der Waals surface area contributed by atoms with E-state index in [4.69, 9.17) is 19.7 Å². The van der Waals surface area contributed by atoms with Crippen LogP contribution in [0.5, 0.6) is 0 Å². The first kappa shape index (κ1) is 26.4. The molecule has 136 valence electrons. The summed E-state index contributed by atoms with van der Waals surface area (Å²) in [6.45, 7) is 4.71. The molecule has 0 spiro atoms. The van der Waals surface area contributed by atoms with Gasteiger partial charge < -0.3 is 30.3 Å². The maximum absolute atomic E-state index is 10.4. The van der Waals surface area contributed by atoms with E-state index in [0.29, 0.717) is 26.3 Å². The Morgan fingerprint density at radius 2 is 1.17 bits per heavy atom. The Morgan fingerprint density at radius 1 is 0.870 bits per heavy atom. The maximum Gasteiger partial charge on any atom is 0.187 e. The van der Waals surface area contributed by atoms with Gasteiger partial charge in [-0.3, -0.25) is 9.59 Å². The van der Waals surface area contributed by atoms with Crippen molar-refractivity contribution >= 4 is 11.6 Å². The quantitative estimate of drug-likeness (QED) is 0.188. The molecule has 0 saturated carbocycles. The molecule has 0 unspecified atom stereocenters. The van der Waals surface area contributed by atoms with Gasteiger partial charge in [-0.1, -0.05) is 0 Å². The minimum absolute atomic E-state index is 0. The molecule has 0 bridgehead atoms. The van der Waals surface area contributed by atoms with Crippen LogP contribution in [0.1, 0.15) is 13.8 Å². The minimum atomic E-state index is -0.188. The number of rotatable bonds is 10. The smallest absolute Gasteiger partial charge is 0.187 e. The monoisotopic (exact) mass is 374 g/mol. The average Bonchev–Trinajstić information content (AvgIpc) is 2.38. The Morgan fingerprint density at radius 3 is 1.39 bits per heavy atom. The fourth-order valence-electron chi connectivity index (χ4n) is 1.05. The van der Waals surface area contributed by atoms with Gasteiger partial charge in [0.25, 0.3) is 0 Å². The van der Waals surface area contributed by atoms with Crippen LogP contribution in [0.25, 0.3) is 0 Å². The molecule has 0 fully saturated rings. The molecule has 0 amide bonds. The predicted octanol–water partition coefficient (Wildman–Crippen LogP) is 0.419. The molecule has 0 saturated heterocycles. The molecule has 0 rings (SSSR count). The summed E-state index contributed by atoms with van der Waals surface area (Å²) in [7, 11) is 3.13. The van der Waals surface area contributed by atoms with Crippen molar-refractivity contribution in [3.05, 3.63) is 23.9 Å². The van der Waals surface area contributed by atoms with Crippen LogP contribution in [-0.4, -0.2) is 62.3 Å². The number of ketones is 2. The van der Waals surface area contributed by atoms with Gasteiger partial charge in [0.2, 0.25) is 0 Å². The Kier molecular flexibility index (Phi) is 21.2. The first-order valence-electron chi connectivity index (χ1n) is 6.61. The SMILES string of the molecule is COCCNC(O)=CC(C)=O.COCCNC(O)=CC(C)=O.[Fe]. The van der Waals surface area contributed by atoms with Gasteiger partial charge in [-0.25, -0.2) is 0 Å². The van der Waals surface area contributed by atoms with Gasteiger partial charge in [-0.2, -0.15) is 0 Å². The number of aliphatic hydroxyl groups is 2. The molecule has 0 atom stereocenters. The van der Waals surface area contributed by atoms with Crippen molar-refractivity contribution < 1.29 is 46.3 Å². The third-order valence-electron chi connectivity index (χ3n) is 1.90. The van der Waals surface area contributed by atoms with Crippen molar-refractivity contribution in [2.75, 3.05) is 40.5 Å². The summed E-state index contributed by atoms with van der Waals surface area (Å²) in [5.74, 6) is -0.607. The van der Waals surface area contributed by atoms with E-state index in [-0.39, 0.29) is 40.4 Å². The van der Waals surface area contributed by atoms with Crippen molar-refractivity contribution in [3.8, 4) is 0 Å². The van der Waals surface area contributed by atoms with E-state index in [2.05, 4.69) is 10.6 Å². The molecule has 0 aliphatic rings. The van der Waals surface area contributed by atoms with E-state index in [9.17, 15) is 9.59 Å². The van der Waals surface area contributed by atoms with Gasteiger partial charge in [0.15, 0.2) is 23.3 Å². The van der Waals surface area contributed by atoms with Crippen LogP contribution in [0.15, 0.2) is 23.9 Å². The number of aliphatic hydroxyl groups excluding tert-OH is 2. The molecule has 0 aromatic carbocycles. The minimum Gasteiger partial charge on any atom is -0.495 e. The molecule has 0 radical (unpaired) electrons. The van der Waals surface area contributed by atoms with Gasteiger partial charge >= 0.3 is 0 Å². The normalized spacial score (nSPS) is 10.8. The number of nitrogens with one attached hydrogen (secondary N) is 2. The van der Waals surface area contributed by atoms with E-state index < -0.39 is 0 Å². The summed E-state index contributed by atoms with van der Waals surface area (Å²) < 4.78 is 9.42. The zero-order chi connectivity index (χ0) is 17.4. The van der Waals surface area contributed by atoms with Crippen molar-refractivity contribution in [3.63, 3.8) is 0 Å². The van der Waals surface area contributed by atoms with Gasteiger partial charge in [-0.05, 0) is 13.8 Å². The standard InChI is InChI=1S/2C7H13NO3.Fe/c2*1-6(9)5-7(10)8-3-4-11-2;/h2*5,8,10H,3-4H2,1-2H3;. The first-order chi connectivity index (χ1) is 10.3. The zero-order valence-electron chi connectivity index (χ0n) is 13.9. The van der Waals surface area contributed by atoms with Crippen molar-refractivity contribution in [2.24, 2.45) is 0 Å². The van der Waals surface area contributed by atoms with Crippen LogP contribution < -0.4 is 10.6 Å². The molecule has 0 aromatic heterocycles. The van der Waals surface area contributed by atoms with Gasteiger partial charge in [0, 0.05) is 56.5 Å². The van der Waals surface area contributed by atoms with Crippen molar-refractivity contribution in [1.29, 1.82) is 0 Å². The van der Waals surface area contributed by atoms with E-state index >= 15 is 0 Å². The molecular weight excluding hydrogens is 348 g/mol. The Balaban J connectivity index is -0.000000333. The second kappa shape index (κ2) is 18.5. The molecular formula is C14H26FeN2O6. The third-order valence-corrected chi connectivity index (χ3v) is 1.90. The largest absolute Gasteiger partial charge is 0.495 e. The van der Waals surface area contributed by atoms with Crippen LogP contribution in [0.2, 0.25) is 0 Å². The summed E-state index contributed by atoms with van der Waals surface area (Å²) in [5.41, 5.74) is 0. The number of carbonyl (C=O) groups is 2. The molecule has 0 aliphatic carbocycles. The van der Waals surface area contributed by atoms with Gasteiger partial charge in [-0.15, -0.1) is 0 Å². The van der Waals surface area contributed by atoms with Crippen LogP contribution in [-0.2, 0) is 36.1 Å². The molecule has 23 heavy (non-hydrogen) atoms. The Labute approximate surface area is 147 Å². The molecule has 4 N–H and O–H groups in total. The van der Waals surface area contributed by atoms with E-state index in [0.717, 1.165) is 12.2 Å². The summed E-state index contributed by atoms with van der Waals surface area (Å²) in [4.78, 5) is 20.8. The van der Waals surface area contributed by atoms with Crippen molar-refractivity contribution in [2.45, 2.75) is 13.8 Å². The van der Waals surface area contributed by atoms with Crippen LogP contribution in [0.4, 0.5) is 0 Å². The van der Waals surface area contributed by atoms with Crippen molar-refractivity contribution in [1.82, 2.24) is 10.6 Å². The summed E-state index contributed by atoms with van der Waals surface area (Å²) in [5, 5.41) is 23.0. The van der Waals surface area contributed by atoms with E-state index in [1.807, 2.05) is 0 Å².